The van der Waals surface area contributed by atoms with Gasteiger partial charge in [-0.15, -0.1) is 0 Å². The van der Waals surface area contributed by atoms with Crippen LogP contribution in [0, 0.1) is 0 Å². The van der Waals surface area contributed by atoms with Crippen LogP contribution in [0.3, 0.4) is 0 Å². The van der Waals surface area contributed by atoms with Crippen LogP contribution in [0.25, 0.3) is 0 Å². The highest BCUT2D eigenvalue weighted by Crippen LogP contribution is 2.32. The van der Waals surface area contributed by atoms with Gasteiger partial charge in [0.25, 0.3) is 0 Å². The molecule has 1 aliphatic heterocycles. The number of ether oxygens (including phenoxy) is 1. The summed E-state index contributed by atoms with van der Waals surface area (Å²) >= 11 is 1.15. The lowest BCUT2D eigenvalue weighted by Crippen LogP contribution is -2.35. The molecule has 2 atom stereocenters. The van der Waals surface area contributed by atoms with Gasteiger partial charge < -0.3 is 10.1 Å². The van der Waals surface area contributed by atoms with Crippen molar-refractivity contribution in [2.45, 2.75) is 22.5 Å². The third-order valence-corrected chi connectivity index (χ3v) is 2.57. The molecule has 1 fully saturated rings. The van der Waals surface area contributed by atoms with Gasteiger partial charge in [0.2, 0.25) is 0 Å². The van der Waals surface area contributed by atoms with E-state index in [9.17, 15) is 8.78 Å². The Labute approximate surface area is 77.8 Å². The van der Waals surface area contributed by atoms with Crippen LogP contribution < -0.4 is 5.32 Å². The Hall–Kier alpha value is 0.510. The van der Waals surface area contributed by atoms with E-state index >= 15 is 0 Å². The summed E-state index contributed by atoms with van der Waals surface area (Å²) in [6.07, 6.45) is 0.340. The van der Waals surface area contributed by atoms with E-state index in [1.807, 2.05) is 0 Å². The van der Waals surface area contributed by atoms with Crippen molar-refractivity contribution in [3.8, 4) is 0 Å². The van der Waals surface area contributed by atoms with Crippen LogP contribution in [-0.4, -0.2) is 29.7 Å². The molecular formula is C6H10F2INO. The van der Waals surface area contributed by atoms with Crippen LogP contribution in [0.4, 0.5) is 8.78 Å². The molecule has 1 heterocycles. The molecule has 0 aliphatic carbocycles. The Kier molecular flexibility index (Phi) is 3.04. The van der Waals surface area contributed by atoms with E-state index < -0.39 is 9.97 Å². The van der Waals surface area contributed by atoms with Crippen molar-refractivity contribution in [2.75, 3.05) is 13.7 Å². The maximum atomic E-state index is 12.6. The fourth-order valence-corrected chi connectivity index (χ4v) is 1.61. The first kappa shape index (κ1) is 9.60. The predicted molar refractivity (Wildman–Crippen MR) is 46.2 cm³/mol. The quantitative estimate of drug-likeness (QED) is 0.608. The molecule has 66 valence electrons. The Bertz CT molecular complexity index is 139. The first-order chi connectivity index (χ1) is 5.04. The van der Waals surface area contributed by atoms with Gasteiger partial charge in [-0.3, -0.25) is 0 Å². The third-order valence-electron chi connectivity index (χ3n) is 1.82. The van der Waals surface area contributed by atoms with Gasteiger partial charge in [0.1, 0.15) is 0 Å². The van der Waals surface area contributed by atoms with Crippen molar-refractivity contribution in [2.24, 2.45) is 0 Å². The van der Waals surface area contributed by atoms with Crippen LogP contribution >= 0.6 is 22.6 Å². The van der Waals surface area contributed by atoms with Crippen molar-refractivity contribution in [3.05, 3.63) is 0 Å². The first-order valence-corrected chi connectivity index (χ1v) is 4.45. The smallest absolute Gasteiger partial charge is 0.311 e. The molecule has 2 nitrogen and oxygen atoms in total. The molecule has 0 spiro atoms. The standard InChI is InChI=1S/C6H10F2INO/c1-11-4-2-5(10-3-4)6(7,8)9/h4-5,10H,2-3H2,1H3/t4?,5-/m0/s1. The highest BCUT2D eigenvalue weighted by Gasteiger charge is 2.41. The van der Waals surface area contributed by atoms with Gasteiger partial charge in [-0.25, -0.2) is 0 Å². The fraction of sp³-hybridized carbons (Fsp3) is 1.00. The van der Waals surface area contributed by atoms with Gasteiger partial charge in [-0.05, 0) is 6.42 Å². The zero-order chi connectivity index (χ0) is 8.48. The zero-order valence-corrected chi connectivity index (χ0v) is 8.27. The summed E-state index contributed by atoms with van der Waals surface area (Å²) in [5.74, 6) is 0. The minimum atomic E-state index is -2.66. The molecule has 0 aromatic rings. The number of nitrogens with one attached hydrogen (secondary N) is 1. The number of alkyl halides is 3. The number of halogens is 3. The molecule has 0 aromatic heterocycles. The summed E-state index contributed by atoms with van der Waals surface area (Å²) in [4.78, 5) is 0. The van der Waals surface area contributed by atoms with E-state index in [1.165, 1.54) is 0 Å². The molecule has 0 amide bonds. The second-order valence-electron chi connectivity index (χ2n) is 2.60. The minimum Gasteiger partial charge on any atom is -0.380 e. The van der Waals surface area contributed by atoms with Crippen molar-refractivity contribution in [3.63, 3.8) is 0 Å². The number of hydrogen-bond acceptors (Lipinski definition) is 2. The summed E-state index contributed by atoms with van der Waals surface area (Å²) < 4.78 is 27.5. The predicted octanol–water partition coefficient (Wildman–Crippen LogP) is 1.39. The molecule has 0 bridgehead atoms. The molecule has 1 rings (SSSR count). The normalized spacial score (nSPS) is 32.7. The average molecular weight is 277 g/mol. The summed E-state index contributed by atoms with van der Waals surface area (Å²) in [5.41, 5.74) is 0. The first-order valence-electron chi connectivity index (χ1n) is 3.37. The topological polar surface area (TPSA) is 21.3 Å². The van der Waals surface area contributed by atoms with Crippen LogP contribution in [-0.2, 0) is 4.74 Å². The summed E-state index contributed by atoms with van der Waals surface area (Å²) in [5, 5.41) is 2.72. The summed E-state index contributed by atoms with van der Waals surface area (Å²) in [6.45, 7) is 0.528. The molecular weight excluding hydrogens is 267 g/mol. The van der Waals surface area contributed by atoms with Gasteiger partial charge in [0.05, 0.1) is 12.1 Å². The van der Waals surface area contributed by atoms with Gasteiger partial charge in [-0.1, -0.05) is 0 Å². The van der Waals surface area contributed by atoms with Crippen LogP contribution in [0.15, 0.2) is 0 Å². The van der Waals surface area contributed by atoms with Crippen molar-refractivity contribution < 1.29 is 13.5 Å². The lowest BCUT2D eigenvalue weighted by Gasteiger charge is -2.16. The van der Waals surface area contributed by atoms with Gasteiger partial charge in [0, 0.05) is 36.2 Å². The van der Waals surface area contributed by atoms with Crippen LogP contribution in [0.2, 0.25) is 0 Å². The van der Waals surface area contributed by atoms with Crippen molar-refractivity contribution in [1.82, 2.24) is 5.32 Å². The molecule has 1 aliphatic rings. The Morgan fingerprint density at radius 3 is 2.55 bits per heavy atom. The van der Waals surface area contributed by atoms with Gasteiger partial charge in [-0.2, -0.15) is 8.78 Å². The zero-order valence-electron chi connectivity index (χ0n) is 6.11. The maximum absolute atomic E-state index is 12.6. The molecule has 0 radical (unpaired) electrons. The summed E-state index contributed by atoms with van der Waals surface area (Å²) in [7, 11) is 1.54. The molecule has 0 aromatic carbocycles. The molecule has 0 saturated carbocycles. The molecule has 5 heteroatoms. The molecule has 11 heavy (non-hydrogen) atoms. The number of hydrogen-bond donors (Lipinski definition) is 1. The van der Waals surface area contributed by atoms with E-state index in [1.54, 1.807) is 7.11 Å². The van der Waals surface area contributed by atoms with Crippen molar-refractivity contribution in [1.29, 1.82) is 0 Å². The highest BCUT2D eigenvalue weighted by atomic mass is 127. The Balaban J connectivity index is 2.42. The van der Waals surface area contributed by atoms with Crippen LogP contribution in [0.1, 0.15) is 6.42 Å². The van der Waals surface area contributed by atoms with E-state index in [4.69, 9.17) is 4.74 Å². The summed E-state index contributed by atoms with van der Waals surface area (Å²) in [6, 6.07) is -0.729. The molecule has 1 N–H and O–H groups in total. The number of methoxy groups -OCH3 is 1. The van der Waals surface area contributed by atoms with E-state index in [2.05, 4.69) is 5.32 Å². The highest BCUT2D eigenvalue weighted by molar-refractivity contribution is 14.1. The largest absolute Gasteiger partial charge is 0.380 e. The monoisotopic (exact) mass is 277 g/mol. The number of rotatable bonds is 2. The van der Waals surface area contributed by atoms with E-state index in [0.29, 0.717) is 13.0 Å². The second-order valence-corrected chi connectivity index (χ2v) is 4.03. The minimum absolute atomic E-state index is 0.0550. The maximum Gasteiger partial charge on any atom is 0.311 e. The molecule has 1 unspecified atom stereocenters. The van der Waals surface area contributed by atoms with Gasteiger partial charge >= 0.3 is 3.93 Å². The van der Waals surface area contributed by atoms with Gasteiger partial charge in [0.15, 0.2) is 0 Å². The Morgan fingerprint density at radius 1 is 1.64 bits per heavy atom. The van der Waals surface area contributed by atoms with Crippen molar-refractivity contribution >= 4 is 22.6 Å². The average Bonchev–Trinajstić information content (AvgIpc) is 2.32. The SMILES string of the molecule is COC1CN[C@H](C(F)(F)I)C1. The fourth-order valence-electron chi connectivity index (χ4n) is 1.13. The lowest BCUT2D eigenvalue weighted by atomic mass is 10.2. The van der Waals surface area contributed by atoms with E-state index in [0.717, 1.165) is 22.6 Å². The molecule has 1 saturated heterocycles. The Morgan fingerprint density at radius 2 is 2.27 bits per heavy atom. The van der Waals surface area contributed by atoms with Crippen LogP contribution in [0.5, 0.6) is 0 Å². The lowest BCUT2D eigenvalue weighted by molar-refractivity contribution is 0.0712. The third kappa shape index (κ3) is 2.48. The van der Waals surface area contributed by atoms with E-state index in [-0.39, 0.29) is 6.10 Å². The second kappa shape index (κ2) is 3.49.